The van der Waals surface area contributed by atoms with E-state index >= 15 is 0 Å². The molecule has 0 saturated carbocycles. The Bertz CT molecular complexity index is 524. The van der Waals surface area contributed by atoms with Crippen LogP contribution in [-0.2, 0) is 6.42 Å². The Morgan fingerprint density at radius 1 is 0.900 bits per heavy atom. The number of nitrogens with zero attached hydrogens (tertiary/aromatic N) is 1. The maximum atomic E-state index is 6.33. The van der Waals surface area contributed by atoms with Crippen molar-refractivity contribution >= 4 is 0 Å². The van der Waals surface area contributed by atoms with Gasteiger partial charge in [0.2, 0.25) is 0 Å². The molecule has 1 saturated heterocycles. The molecule has 3 rings (SSSR count). The van der Waals surface area contributed by atoms with Gasteiger partial charge in [0.25, 0.3) is 0 Å². The normalized spacial score (nSPS) is 23.1. The fourth-order valence-electron chi connectivity index (χ4n) is 3.08. The Kier molecular flexibility index (Phi) is 4.14. The number of likely N-dealkylation sites (tertiary alicyclic amines) is 1. The third kappa shape index (κ3) is 3.09. The topological polar surface area (TPSA) is 29.3 Å². The highest BCUT2D eigenvalue weighted by Crippen LogP contribution is 2.26. The van der Waals surface area contributed by atoms with E-state index in [4.69, 9.17) is 5.73 Å². The molecule has 2 N–H and O–H groups in total. The van der Waals surface area contributed by atoms with E-state index in [-0.39, 0.29) is 6.04 Å². The molecule has 0 unspecified atom stereocenters. The van der Waals surface area contributed by atoms with Crippen LogP contribution in [0.2, 0.25) is 0 Å². The van der Waals surface area contributed by atoms with Crippen LogP contribution in [0.15, 0.2) is 60.7 Å². The standard InChI is InChI=1S/C18H22N2/c19-18-14-20(12-11-15-7-3-1-4-8-15)13-17(18)16-9-5-2-6-10-16/h1-10,17-18H,11-14,19H2/t17-,18+/m0/s1. The van der Waals surface area contributed by atoms with E-state index in [1.165, 1.54) is 11.1 Å². The Morgan fingerprint density at radius 3 is 2.25 bits per heavy atom. The first-order valence-electron chi connectivity index (χ1n) is 7.40. The number of benzene rings is 2. The average Bonchev–Trinajstić information content (AvgIpc) is 2.88. The zero-order chi connectivity index (χ0) is 13.8. The summed E-state index contributed by atoms with van der Waals surface area (Å²) in [6.07, 6.45) is 1.11. The van der Waals surface area contributed by atoms with Gasteiger partial charge in [0.15, 0.2) is 0 Å². The van der Waals surface area contributed by atoms with Crippen molar-refractivity contribution in [2.45, 2.75) is 18.4 Å². The average molecular weight is 266 g/mol. The number of rotatable bonds is 4. The van der Waals surface area contributed by atoms with Crippen LogP contribution in [-0.4, -0.2) is 30.6 Å². The Labute approximate surface area is 121 Å². The largest absolute Gasteiger partial charge is 0.326 e. The number of nitrogens with two attached hydrogens (primary N) is 1. The molecule has 2 atom stereocenters. The van der Waals surface area contributed by atoms with Gasteiger partial charge in [-0.3, -0.25) is 0 Å². The van der Waals surface area contributed by atoms with Gasteiger partial charge in [-0.25, -0.2) is 0 Å². The number of hydrogen-bond donors (Lipinski definition) is 1. The molecule has 1 heterocycles. The molecule has 0 amide bonds. The maximum Gasteiger partial charge on any atom is 0.0249 e. The van der Waals surface area contributed by atoms with Crippen molar-refractivity contribution in [1.82, 2.24) is 4.90 Å². The SMILES string of the molecule is N[C@@H]1CN(CCc2ccccc2)C[C@H]1c1ccccc1. The summed E-state index contributed by atoms with van der Waals surface area (Å²) in [5.41, 5.74) is 9.11. The highest BCUT2D eigenvalue weighted by molar-refractivity contribution is 5.23. The minimum absolute atomic E-state index is 0.258. The second-order valence-corrected chi connectivity index (χ2v) is 5.68. The van der Waals surface area contributed by atoms with Gasteiger partial charge in [-0.05, 0) is 17.5 Å². The lowest BCUT2D eigenvalue weighted by Crippen LogP contribution is -2.29. The van der Waals surface area contributed by atoms with E-state index in [1.807, 2.05) is 0 Å². The summed E-state index contributed by atoms with van der Waals surface area (Å²) >= 11 is 0. The lowest BCUT2D eigenvalue weighted by Gasteiger charge is -2.16. The second-order valence-electron chi connectivity index (χ2n) is 5.68. The molecule has 1 aliphatic heterocycles. The zero-order valence-corrected chi connectivity index (χ0v) is 11.8. The molecule has 0 bridgehead atoms. The van der Waals surface area contributed by atoms with E-state index in [0.29, 0.717) is 5.92 Å². The predicted octanol–water partition coefficient (Wildman–Crippen LogP) is 2.66. The van der Waals surface area contributed by atoms with Crippen LogP contribution in [0.4, 0.5) is 0 Å². The van der Waals surface area contributed by atoms with Gasteiger partial charge in [0, 0.05) is 31.6 Å². The first kappa shape index (κ1) is 13.3. The Hall–Kier alpha value is -1.64. The van der Waals surface area contributed by atoms with Crippen LogP contribution in [0.3, 0.4) is 0 Å². The molecule has 20 heavy (non-hydrogen) atoms. The maximum absolute atomic E-state index is 6.33. The van der Waals surface area contributed by atoms with Crippen LogP contribution >= 0.6 is 0 Å². The molecule has 0 aromatic heterocycles. The molecule has 2 aromatic carbocycles. The second kappa shape index (κ2) is 6.21. The van der Waals surface area contributed by atoms with Crippen LogP contribution < -0.4 is 5.73 Å². The molecular weight excluding hydrogens is 244 g/mol. The van der Waals surface area contributed by atoms with Crippen LogP contribution in [0.5, 0.6) is 0 Å². The van der Waals surface area contributed by atoms with Crippen LogP contribution in [0.1, 0.15) is 17.0 Å². The van der Waals surface area contributed by atoms with Gasteiger partial charge in [0.05, 0.1) is 0 Å². The lowest BCUT2D eigenvalue weighted by molar-refractivity contribution is 0.336. The molecule has 2 aromatic rings. The Morgan fingerprint density at radius 2 is 1.55 bits per heavy atom. The highest BCUT2D eigenvalue weighted by Gasteiger charge is 2.30. The quantitative estimate of drug-likeness (QED) is 0.922. The summed E-state index contributed by atoms with van der Waals surface area (Å²) < 4.78 is 0. The van der Waals surface area contributed by atoms with E-state index < -0.39 is 0 Å². The predicted molar refractivity (Wildman–Crippen MR) is 83.7 cm³/mol. The molecular formula is C18H22N2. The van der Waals surface area contributed by atoms with Crippen molar-refractivity contribution in [3.05, 3.63) is 71.8 Å². The monoisotopic (exact) mass is 266 g/mol. The molecule has 1 fully saturated rings. The van der Waals surface area contributed by atoms with Gasteiger partial charge in [-0.1, -0.05) is 60.7 Å². The molecule has 0 spiro atoms. The summed E-state index contributed by atoms with van der Waals surface area (Å²) in [5, 5.41) is 0. The lowest BCUT2D eigenvalue weighted by atomic mass is 9.95. The molecule has 0 aliphatic carbocycles. The van der Waals surface area contributed by atoms with Gasteiger partial charge >= 0.3 is 0 Å². The van der Waals surface area contributed by atoms with Crippen molar-refractivity contribution in [1.29, 1.82) is 0 Å². The molecule has 0 radical (unpaired) electrons. The van der Waals surface area contributed by atoms with Crippen LogP contribution in [0, 0.1) is 0 Å². The number of hydrogen-bond acceptors (Lipinski definition) is 2. The summed E-state index contributed by atoms with van der Waals surface area (Å²) in [7, 11) is 0. The van der Waals surface area contributed by atoms with Gasteiger partial charge < -0.3 is 10.6 Å². The molecule has 2 heteroatoms. The first-order chi connectivity index (χ1) is 9.83. The fourth-order valence-corrected chi connectivity index (χ4v) is 3.08. The zero-order valence-electron chi connectivity index (χ0n) is 11.8. The van der Waals surface area contributed by atoms with Gasteiger partial charge in [-0.15, -0.1) is 0 Å². The van der Waals surface area contributed by atoms with Gasteiger partial charge in [-0.2, -0.15) is 0 Å². The van der Waals surface area contributed by atoms with Crippen molar-refractivity contribution in [3.63, 3.8) is 0 Å². The Balaban J connectivity index is 1.58. The van der Waals surface area contributed by atoms with Crippen molar-refractivity contribution in [3.8, 4) is 0 Å². The fraction of sp³-hybridized carbons (Fsp3) is 0.333. The smallest absolute Gasteiger partial charge is 0.0249 e. The van der Waals surface area contributed by atoms with Crippen molar-refractivity contribution in [2.75, 3.05) is 19.6 Å². The van der Waals surface area contributed by atoms with E-state index in [0.717, 1.165) is 26.1 Å². The summed E-state index contributed by atoms with van der Waals surface area (Å²) in [6.45, 7) is 3.19. The molecule has 104 valence electrons. The summed E-state index contributed by atoms with van der Waals surface area (Å²) in [4.78, 5) is 2.50. The third-order valence-electron chi connectivity index (χ3n) is 4.23. The van der Waals surface area contributed by atoms with Crippen molar-refractivity contribution in [2.24, 2.45) is 5.73 Å². The van der Waals surface area contributed by atoms with Crippen molar-refractivity contribution < 1.29 is 0 Å². The minimum atomic E-state index is 0.258. The first-order valence-corrected chi connectivity index (χ1v) is 7.40. The van der Waals surface area contributed by atoms with E-state index in [9.17, 15) is 0 Å². The van der Waals surface area contributed by atoms with E-state index in [2.05, 4.69) is 65.6 Å². The molecule has 1 aliphatic rings. The third-order valence-corrected chi connectivity index (χ3v) is 4.23. The van der Waals surface area contributed by atoms with Crippen LogP contribution in [0.25, 0.3) is 0 Å². The minimum Gasteiger partial charge on any atom is -0.326 e. The molecule has 2 nitrogen and oxygen atoms in total. The highest BCUT2D eigenvalue weighted by atomic mass is 15.2. The summed E-state index contributed by atoms with van der Waals surface area (Å²) in [6, 6.07) is 21.6. The van der Waals surface area contributed by atoms with E-state index in [1.54, 1.807) is 0 Å². The summed E-state index contributed by atoms with van der Waals surface area (Å²) in [5.74, 6) is 0.479. The van der Waals surface area contributed by atoms with Gasteiger partial charge in [0.1, 0.15) is 0 Å².